The van der Waals surface area contributed by atoms with E-state index in [0.717, 1.165) is 23.8 Å². The third-order valence-electron chi connectivity index (χ3n) is 2.89. The first kappa shape index (κ1) is 17.7. The van der Waals surface area contributed by atoms with Crippen LogP contribution in [0.4, 0.5) is 5.82 Å². The summed E-state index contributed by atoms with van der Waals surface area (Å²) in [5.74, 6) is 2.26. The molecule has 0 saturated heterocycles. The van der Waals surface area contributed by atoms with Crippen molar-refractivity contribution in [2.75, 3.05) is 25.1 Å². The van der Waals surface area contributed by atoms with Crippen LogP contribution < -0.4 is 10.1 Å². The number of hydrogen-bond donors (Lipinski definition) is 1. The molecule has 0 aromatic carbocycles. The average molecular weight is 295 g/mol. The summed E-state index contributed by atoms with van der Waals surface area (Å²) in [6.07, 6.45) is 0.211. The van der Waals surface area contributed by atoms with E-state index < -0.39 is 0 Å². The van der Waals surface area contributed by atoms with Crippen LogP contribution in [-0.2, 0) is 10.2 Å². The summed E-state index contributed by atoms with van der Waals surface area (Å²) in [5, 5.41) is 3.27. The van der Waals surface area contributed by atoms with Gasteiger partial charge in [0, 0.05) is 12.0 Å². The SMILES string of the molecule is CCNc1nc(C(C)(C)C)nc(OCCOC(C)C)c1C. The topological polar surface area (TPSA) is 56.3 Å². The van der Waals surface area contributed by atoms with Gasteiger partial charge < -0.3 is 14.8 Å². The summed E-state index contributed by atoms with van der Waals surface area (Å²) in [5.41, 5.74) is 0.819. The molecule has 0 amide bonds. The summed E-state index contributed by atoms with van der Waals surface area (Å²) in [4.78, 5) is 9.19. The molecule has 1 aromatic rings. The van der Waals surface area contributed by atoms with Gasteiger partial charge in [0.05, 0.1) is 18.3 Å². The summed E-state index contributed by atoms with van der Waals surface area (Å²) < 4.78 is 11.3. The molecule has 0 fully saturated rings. The highest BCUT2D eigenvalue weighted by Crippen LogP contribution is 2.27. The van der Waals surface area contributed by atoms with E-state index in [2.05, 4.69) is 43.0 Å². The van der Waals surface area contributed by atoms with Crippen molar-refractivity contribution in [3.8, 4) is 5.88 Å². The van der Waals surface area contributed by atoms with Gasteiger partial charge >= 0.3 is 0 Å². The predicted octanol–water partition coefficient (Wildman–Crippen LogP) is 3.32. The molecule has 21 heavy (non-hydrogen) atoms. The van der Waals surface area contributed by atoms with E-state index in [0.29, 0.717) is 19.1 Å². The zero-order valence-corrected chi connectivity index (χ0v) is 14.4. The summed E-state index contributed by atoms with van der Waals surface area (Å²) in [6.45, 7) is 16.2. The molecule has 0 atom stereocenters. The maximum absolute atomic E-state index is 5.79. The van der Waals surface area contributed by atoms with Gasteiger partial charge in [0.15, 0.2) is 0 Å². The molecular formula is C16H29N3O2. The van der Waals surface area contributed by atoms with E-state index in [4.69, 9.17) is 9.47 Å². The highest BCUT2D eigenvalue weighted by atomic mass is 16.5. The first-order valence-corrected chi connectivity index (χ1v) is 7.63. The van der Waals surface area contributed by atoms with Crippen molar-refractivity contribution in [3.05, 3.63) is 11.4 Å². The Morgan fingerprint density at radius 1 is 1.14 bits per heavy atom. The van der Waals surface area contributed by atoms with E-state index in [9.17, 15) is 0 Å². The van der Waals surface area contributed by atoms with E-state index in [1.807, 2.05) is 20.8 Å². The fourth-order valence-electron chi connectivity index (χ4n) is 1.73. The quantitative estimate of drug-likeness (QED) is 0.782. The van der Waals surface area contributed by atoms with E-state index in [-0.39, 0.29) is 11.5 Å². The number of rotatable bonds is 7. The number of nitrogens with one attached hydrogen (secondary N) is 1. The molecule has 0 unspecified atom stereocenters. The molecule has 120 valence electrons. The average Bonchev–Trinajstić information content (AvgIpc) is 2.37. The molecule has 0 aliphatic heterocycles. The van der Waals surface area contributed by atoms with E-state index >= 15 is 0 Å². The predicted molar refractivity (Wildman–Crippen MR) is 86.2 cm³/mol. The fourth-order valence-corrected chi connectivity index (χ4v) is 1.73. The summed E-state index contributed by atoms with van der Waals surface area (Å²) in [6, 6.07) is 0. The van der Waals surface area contributed by atoms with Crippen molar-refractivity contribution >= 4 is 5.82 Å². The van der Waals surface area contributed by atoms with E-state index in [1.54, 1.807) is 0 Å². The van der Waals surface area contributed by atoms with Crippen molar-refractivity contribution in [2.24, 2.45) is 0 Å². The Morgan fingerprint density at radius 3 is 2.33 bits per heavy atom. The second kappa shape index (κ2) is 7.59. The standard InChI is InChI=1S/C16H29N3O2/c1-8-17-13-12(4)14(21-10-9-20-11(2)3)19-15(18-13)16(5,6)7/h11H,8-10H2,1-7H3,(H,17,18,19). The van der Waals surface area contributed by atoms with Crippen LogP contribution in [0.2, 0.25) is 0 Å². The molecule has 1 N–H and O–H groups in total. The molecule has 0 aliphatic rings. The molecule has 1 heterocycles. The van der Waals surface area contributed by atoms with Crippen LogP contribution in [0.15, 0.2) is 0 Å². The van der Waals surface area contributed by atoms with Crippen LogP contribution in [0.3, 0.4) is 0 Å². The second-order valence-electron chi connectivity index (χ2n) is 6.37. The lowest BCUT2D eigenvalue weighted by molar-refractivity contribution is 0.0540. The lowest BCUT2D eigenvalue weighted by Crippen LogP contribution is -2.20. The molecule has 5 heteroatoms. The second-order valence-corrected chi connectivity index (χ2v) is 6.37. The zero-order chi connectivity index (χ0) is 16.0. The van der Waals surface area contributed by atoms with Gasteiger partial charge in [0.2, 0.25) is 5.88 Å². The molecule has 0 aliphatic carbocycles. The molecule has 1 aromatic heterocycles. The number of anilines is 1. The van der Waals surface area contributed by atoms with Gasteiger partial charge in [-0.1, -0.05) is 20.8 Å². The normalized spacial score (nSPS) is 11.8. The number of nitrogens with zero attached hydrogens (tertiary/aromatic N) is 2. The van der Waals surface area contributed by atoms with Crippen LogP contribution in [0.5, 0.6) is 5.88 Å². The minimum atomic E-state index is -0.121. The monoisotopic (exact) mass is 295 g/mol. The lowest BCUT2D eigenvalue weighted by atomic mass is 9.95. The van der Waals surface area contributed by atoms with Gasteiger partial charge in [-0.3, -0.25) is 0 Å². The smallest absolute Gasteiger partial charge is 0.221 e. The van der Waals surface area contributed by atoms with Crippen molar-refractivity contribution in [1.29, 1.82) is 0 Å². The number of hydrogen-bond acceptors (Lipinski definition) is 5. The molecule has 0 saturated carbocycles. The van der Waals surface area contributed by atoms with Crippen molar-refractivity contribution in [1.82, 2.24) is 9.97 Å². The Kier molecular flexibility index (Phi) is 6.40. The molecule has 0 bridgehead atoms. The maximum Gasteiger partial charge on any atom is 0.221 e. The fraction of sp³-hybridized carbons (Fsp3) is 0.750. The number of aromatic nitrogens is 2. The summed E-state index contributed by atoms with van der Waals surface area (Å²) >= 11 is 0. The highest BCUT2D eigenvalue weighted by Gasteiger charge is 2.21. The highest BCUT2D eigenvalue weighted by molar-refractivity contribution is 5.49. The Labute approximate surface area is 128 Å². The van der Waals surface area contributed by atoms with Gasteiger partial charge in [-0.15, -0.1) is 0 Å². The molecule has 5 nitrogen and oxygen atoms in total. The number of ether oxygens (including phenoxy) is 2. The van der Waals surface area contributed by atoms with Crippen molar-refractivity contribution in [3.63, 3.8) is 0 Å². The van der Waals surface area contributed by atoms with Gasteiger partial charge in [-0.05, 0) is 27.7 Å². The van der Waals surface area contributed by atoms with Gasteiger partial charge in [-0.2, -0.15) is 4.98 Å². The third-order valence-corrected chi connectivity index (χ3v) is 2.89. The van der Waals surface area contributed by atoms with Crippen LogP contribution in [-0.4, -0.2) is 35.8 Å². The van der Waals surface area contributed by atoms with Crippen molar-refractivity contribution in [2.45, 2.75) is 60.0 Å². The van der Waals surface area contributed by atoms with Gasteiger partial charge in [0.1, 0.15) is 18.2 Å². The van der Waals surface area contributed by atoms with Crippen LogP contribution in [0.25, 0.3) is 0 Å². The van der Waals surface area contributed by atoms with Gasteiger partial charge in [-0.25, -0.2) is 4.98 Å². The minimum Gasteiger partial charge on any atom is -0.475 e. The van der Waals surface area contributed by atoms with E-state index in [1.165, 1.54) is 0 Å². The summed E-state index contributed by atoms with van der Waals surface area (Å²) in [7, 11) is 0. The van der Waals surface area contributed by atoms with Gasteiger partial charge in [0.25, 0.3) is 0 Å². The Bertz CT molecular complexity index is 454. The lowest BCUT2D eigenvalue weighted by Gasteiger charge is -2.20. The largest absolute Gasteiger partial charge is 0.475 e. The minimum absolute atomic E-state index is 0.121. The van der Waals surface area contributed by atoms with Crippen LogP contribution >= 0.6 is 0 Å². The molecule has 1 rings (SSSR count). The Balaban J connectivity index is 2.92. The maximum atomic E-state index is 5.79. The Hall–Kier alpha value is -1.36. The van der Waals surface area contributed by atoms with Crippen molar-refractivity contribution < 1.29 is 9.47 Å². The Morgan fingerprint density at radius 2 is 1.81 bits per heavy atom. The van der Waals surface area contributed by atoms with Crippen LogP contribution in [0, 0.1) is 6.92 Å². The molecular weight excluding hydrogens is 266 g/mol. The molecule has 0 spiro atoms. The molecule has 0 radical (unpaired) electrons. The first-order valence-electron chi connectivity index (χ1n) is 7.63. The zero-order valence-electron chi connectivity index (χ0n) is 14.4. The third kappa shape index (κ3) is 5.50. The first-order chi connectivity index (χ1) is 9.75. The van der Waals surface area contributed by atoms with Crippen LogP contribution in [0.1, 0.15) is 52.9 Å².